The minimum absolute atomic E-state index is 0.0105. The van der Waals surface area contributed by atoms with Gasteiger partial charge in [-0.25, -0.2) is 4.79 Å². The van der Waals surface area contributed by atoms with Crippen molar-refractivity contribution in [2.24, 2.45) is 0 Å². The summed E-state index contributed by atoms with van der Waals surface area (Å²) in [7, 11) is 0. The SMILES string of the molecule is CC(C)NC(=O)N1CCCC(Oc2ccccc2)C1. The first-order valence-electron chi connectivity index (χ1n) is 6.92. The van der Waals surface area contributed by atoms with Gasteiger partial charge in [-0.05, 0) is 38.8 Å². The number of nitrogens with one attached hydrogen (secondary N) is 1. The number of carbonyl (C=O) groups excluding carboxylic acids is 1. The second-order valence-corrected chi connectivity index (χ2v) is 5.25. The van der Waals surface area contributed by atoms with Crippen molar-refractivity contribution in [2.45, 2.75) is 38.8 Å². The van der Waals surface area contributed by atoms with Gasteiger partial charge in [0, 0.05) is 12.6 Å². The molecule has 1 heterocycles. The third-order valence-corrected chi connectivity index (χ3v) is 3.12. The molecular formula is C15H22N2O2. The van der Waals surface area contributed by atoms with Crippen molar-refractivity contribution in [3.05, 3.63) is 30.3 Å². The van der Waals surface area contributed by atoms with E-state index in [2.05, 4.69) is 5.32 Å². The molecule has 0 spiro atoms. The smallest absolute Gasteiger partial charge is 0.317 e. The number of benzene rings is 1. The van der Waals surface area contributed by atoms with Gasteiger partial charge in [-0.1, -0.05) is 18.2 Å². The number of para-hydroxylation sites is 1. The molecule has 1 atom stereocenters. The average Bonchev–Trinajstić information content (AvgIpc) is 2.39. The van der Waals surface area contributed by atoms with Crippen molar-refractivity contribution < 1.29 is 9.53 Å². The van der Waals surface area contributed by atoms with Crippen molar-refractivity contribution in [3.8, 4) is 5.75 Å². The number of carbonyl (C=O) groups is 1. The Balaban J connectivity index is 1.88. The summed E-state index contributed by atoms with van der Waals surface area (Å²) in [6, 6.07) is 9.97. The van der Waals surface area contributed by atoms with Crippen LogP contribution in [0.1, 0.15) is 26.7 Å². The number of likely N-dealkylation sites (tertiary alicyclic amines) is 1. The maximum absolute atomic E-state index is 12.0. The molecule has 4 nitrogen and oxygen atoms in total. The van der Waals surface area contributed by atoms with Crippen LogP contribution in [-0.4, -0.2) is 36.2 Å². The van der Waals surface area contributed by atoms with Gasteiger partial charge in [-0.2, -0.15) is 0 Å². The van der Waals surface area contributed by atoms with E-state index in [0.717, 1.165) is 25.1 Å². The Kier molecular flexibility index (Phi) is 4.66. The molecule has 1 N–H and O–H groups in total. The summed E-state index contributed by atoms with van der Waals surface area (Å²) in [6.45, 7) is 5.42. The Bertz CT molecular complexity index is 406. The van der Waals surface area contributed by atoms with Gasteiger partial charge in [-0.3, -0.25) is 0 Å². The van der Waals surface area contributed by atoms with Crippen molar-refractivity contribution in [3.63, 3.8) is 0 Å². The fraction of sp³-hybridized carbons (Fsp3) is 0.533. The van der Waals surface area contributed by atoms with Crippen LogP contribution >= 0.6 is 0 Å². The molecule has 0 aliphatic carbocycles. The predicted octanol–water partition coefficient (Wildman–Crippen LogP) is 2.65. The Morgan fingerprint density at radius 3 is 2.79 bits per heavy atom. The van der Waals surface area contributed by atoms with Crippen LogP contribution in [0, 0.1) is 0 Å². The van der Waals surface area contributed by atoms with Gasteiger partial charge in [0.05, 0.1) is 6.54 Å². The maximum Gasteiger partial charge on any atom is 0.317 e. The summed E-state index contributed by atoms with van der Waals surface area (Å²) in [5.74, 6) is 0.874. The molecule has 0 aromatic heterocycles. The molecule has 0 bridgehead atoms. The molecule has 1 aromatic rings. The van der Waals surface area contributed by atoms with E-state index in [4.69, 9.17) is 4.74 Å². The molecular weight excluding hydrogens is 240 g/mol. The van der Waals surface area contributed by atoms with Gasteiger partial charge < -0.3 is 15.0 Å². The molecule has 1 aliphatic rings. The molecule has 1 aromatic carbocycles. The van der Waals surface area contributed by atoms with E-state index in [-0.39, 0.29) is 18.2 Å². The topological polar surface area (TPSA) is 41.6 Å². The molecule has 104 valence electrons. The lowest BCUT2D eigenvalue weighted by atomic mass is 10.1. The fourth-order valence-corrected chi connectivity index (χ4v) is 2.25. The van der Waals surface area contributed by atoms with E-state index >= 15 is 0 Å². The summed E-state index contributed by atoms with van der Waals surface area (Å²) < 4.78 is 5.92. The molecule has 1 aliphatic heterocycles. The van der Waals surface area contributed by atoms with E-state index < -0.39 is 0 Å². The first-order valence-corrected chi connectivity index (χ1v) is 6.92. The van der Waals surface area contributed by atoms with Crippen LogP contribution in [0.15, 0.2) is 30.3 Å². The largest absolute Gasteiger partial charge is 0.489 e. The second kappa shape index (κ2) is 6.45. The van der Waals surface area contributed by atoms with Crippen LogP contribution in [-0.2, 0) is 0 Å². The minimum atomic E-state index is 0.0105. The first kappa shape index (κ1) is 13.7. The number of piperidine rings is 1. The van der Waals surface area contributed by atoms with Gasteiger partial charge in [-0.15, -0.1) is 0 Å². The zero-order chi connectivity index (χ0) is 13.7. The lowest BCUT2D eigenvalue weighted by molar-refractivity contribution is 0.101. The standard InChI is InChI=1S/C15H22N2O2/c1-12(2)16-15(18)17-10-6-9-14(11-17)19-13-7-4-3-5-8-13/h3-5,7-8,12,14H,6,9-11H2,1-2H3,(H,16,18). The van der Waals surface area contributed by atoms with Crippen molar-refractivity contribution in [2.75, 3.05) is 13.1 Å². The van der Waals surface area contributed by atoms with Crippen LogP contribution in [0.5, 0.6) is 5.75 Å². The molecule has 1 unspecified atom stereocenters. The molecule has 1 saturated heterocycles. The maximum atomic E-state index is 12.0. The average molecular weight is 262 g/mol. The number of nitrogens with zero attached hydrogens (tertiary/aromatic N) is 1. The lowest BCUT2D eigenvalue weighted by Gasteiger charge is -2.33. The summed E-state index contributed by atoms with van der Waals surface area (Å²) in [5.41, 5.74) is 0. The normalized spacial score (nSPS) is 19.3. The van der Waals surface area contributed by atoms with E-state index in [9.17, 15) is 4.79 Å². The van der Waals surface area contributed by atoms with Gasteiger partial charge in [0.25, 0.3) is 0 Å². The minimum Gasteiger partial charge on any atom is -0.489 e. The van der Waals surface area contributed by atoms with Crippen LogP contribution in [0.25, 0.3) is 0 Å². The molecule has 4 heteroatoms. The molecule has 2 rings (SSSR count). The number of amides is 2. The second-order valence-electron chi connectivity index (χ2n) is 5.25. The van der Waals surface area contributed by atoms with Crippen LogP contribution in [0.3, 0.4) is 0 Å². The van der Waals surface area contributed by atoms with Crippen LogP contribution in [0.2, 0.25) is 0 Å². The highest BCUT2D eigenvalue weighted by atomic mass is 16.5. The number of ether oxygens (including phenoxy) is 1. The summed E-state index contributed by atoms with van der Waals surface area (Å²) in [4.78, 5) is 13.8. The van der Waals surface area contributed by atoms with Crippen molar-refractivity contribution in [1.29, 1.82) is 0 Å². The zero-order valence-electron chi connectivity index (χ0n) is 11.6. The summed E-state index contributed by atoms with van der Waals surface area (Å²) in [6.07, 6.45) is 2.08. The van der Waals surface area contributed by atoms with E-state index in [1.165, 1.54) is 0 Å². The van der Waals surface area contributed by atoms with Gasteiger partial charge in [0.2, 0.25) is 0 Å². The molecule has 2 amide bonds. The van der Waals surface area contributed by atoms with Gasteiger partial charge >= 0.3 is 6.03 Å². The summed E-state index contributed by atoms with van der Waals surface area (Å²) >= 11 is 0. The highest BCUT2D eigenvalue weighted by Crippen LogP contribution is 2.18. The molecule has 19 heavy (non-hydrogen) atoms. The van der Waals surface area contributed by atoms with Gasteiger partial charge in [0.1, 0.15) is 11.9 Å². The van der Waals surface area contributed by atoms with Crippen LogP contribution < -0.4 is 10.1 Å². The highest BCUT2D eigenvalue weighted by Gasteiger charge is 2.25. The number of hydrogen-bond acceptors (Lipinski definition) is 2. The highest BCUT2D eigenvalue weighted by molar-refractivity contribution is 5.74. The molecule has 1 fully saturated rings. The Labute approximate surface area is 114 Å². The quantitative estimate of drug-likeness (QED) is 0.910. The predicted molar refractivity (Wildman–Crippen MR) is 75.3 cm³/mol. The lowest BCUT2D eigenvalue weighted by Crippen LogP contribution is -2.50. The number of hydrogen-bond donors (Lipinski definition) is 1. The van der Waals surface area contributed by atoms with Gasteiger partial charge in [0.15, 0.2) is 0 Å². The van der Waals surface area contributed by atoms with E-state index in [1.54, 1.807) is 0 Å². The Morgan fingerprint density at radius 2 is 2.11 bits per heavy atom. The van der Waals surface area contributed by atoms with Crippen molar-refractivity contribution in [1.82, 2.24) is 10.2 Å². The summed E-state index contributed by atoms with van der Waals surface area (Å²) in [5, 5.41) is 2.93. The number of urea groups is 1. The van der Waals surface area contributed by atoms with E-state index in [1.807, 2.05) is 49.1 Å². The zero-order valence-corrected chi connectivity index (χ0v) is 11.6. The monoisotopic (exact) mass is 262 g/mol. The Morgan fingerprint density at radius 1 is 1.37 bits per heavy atom. The third-order valence-electron chi connectivity index (χ3n) is 3.12. The fourth-order valence-electron chi connectivity index (χ4n) is 2.25. The Hall–Kier alpha value is -1.71. The molecule has 0 saturated carbocycles. The van der Waals surface area contributed by atoms with Crippen LogP contribution in [0.4, 0.5) is 4.79 Å². The van der Waals surface area contributed by atoms with E-state index in [0.29, 0.717) is 6.54 Å². The third kappa shape index (κ3) is 4.16. The van der Waals surface area contributed by atoms with Crippen molar-refractivity contribution >= 4 is 6.03 Å². The molecule has 0 radical (unpaired) electrons. The number of rotatable bonds is 3. The first-order chi connectivity index (χ1) is 9.15.